The molecule has 1 aliphatic rings. The highest BCUT2D eigenvalue weighted by Gasteiger charge is 2.30. The zero-order chi connectivity index (χ0) is 30.4. The second kappa shape index (κ2) is 12.9. The van der Waals surface area contributed by atoms with Gasteiger partial charge in [0.25, 0.3) is 11.8 Å². The molecule has 0 heterocycles. The molecular formula is C34H30F3N3O3. The van der Waals surface area contributed by atoms with Gasteiger partial charge in [0.05, 0.1) is 5.56 Å². The Labute approximate surface area is 247 Å². The number of carbonyl (C=O) groups is 3. The third-order valence-electron chi connectivity index (χ3n) is 7.30. The lowest BCUT2D eigenvalue weighted by molar-refractivity contribution is -0.137. The van der Waals surface area contributed by atoms with E-state index in [1.54, 1.807) is 60.7 Å². The minimum Gasteiger partial charge on any atom is -0.354 e. The molecule has 1 saturated carbocycles. The molecule has 0 saturated heterocycles. The average Bonchev–Trinajstić information content (AvgIpc) is 3.86. The zero-order valence-corrected chi connectivity index (χ0v) is 23.2. The number of nitrogens with one attached hydrogen (secondary N) is 3. The van der Waals surface area contributed by atoms with Crippen molar-refractivity contribution >= 4 is 17.7 Å². The second-order valence-electron chi connectivity index (χ2n) is 10.5. The molecular weight excluding hydrogens is 555 g/mol. The molecule has 220 valence electrons. The Balaban J connectivity index is 1.22. The molecule has 5 rings (SSSR count). The van der Waals surface area contributed by atoms with Gasteiger partial charge in [-0.25, -0.2) is 0 Å². The normalized spacial score (nSPS) is 13.6. The smallest absolute Gasteiger partial charge is 0.354 e. The van der Waals surface area contributed by atoms with Crippen LogP contribution in [0.2, 0.25) is 0 Å². The van der Waals surface area contributed by atoms with Crippen molar-refractivity contribution in [1.82, 2.24) is 16.0 Å². The first-order valence-corrected chi connectivity index (χ1v) is 14.0. The third kappa shape index (κ3) is 7.68. The summed E-state index contributed by atoms with van der Waals surface area (Å²) in [5.41, 5.74) is 2.34. The van der Waals surface area contributed by atoms with E-state index < -0.39 is 23.7 Å². The first-order valence-electron chi connectivity index (χ1n) is 14.0. The van der Waals surface area contributed by atoms with Crippen LogP contribution in [0.4, 0.5) is 13.2 Å². The predicted octanol–water partition coefficient (Wildman–Crippen LogP) is 6.30. The van der Waals surface area contributed by atoms with Crippen LogP contribution in [0.5, 0.6) is 0 Å². The Bertz CT molecular complexity index is 1580. The maximum atomic E-state index is 13.1. The van der Waals surface area contributed by atoms with Crippen LogP contribution in [0, 0.1) is 5.92 Å². The Morgan fingerprint density at radius 1 is 0.744 bits per heavy atom. The molecule has 9 heteroatoms. The van der Waals surface area contributed by atoms with Gasteiger partial charge in [0, 0.05) is 24.2 Å². The summed E-state index contributed by atoms with van der Waals surface area (Å²) in [6, 6.07) is 26.2. The van der Waals surface area contributed by atoms with Crippen molar-refractivity contribution in [2.45, 2.75) is 31.6 Å². The van der Waals surface area contributed by atoms with Crippen LogP contribution in [0.25, 0.3) is 11.1 Å². The molecule has 3 N–H and O–H groups in total. The van der Waals surface area contributed by atoms with Gasteiger partial charge in [-0.15, -0.1) is 0 Å². The topological polar surface area (TPSA) is 87.3 Å². The highest BCUT2D eigenvalue weighted by molar-refractivity contribution is 6.01. The van der Waals surface area contributed by atoms with E-state index in [1.807, 2.05) is 18.2 Å². The molecule has 4 aromatic rings. The van der Waals surface area contributed by atoms with Gasteiger partial charge in [-0.2, -0.15) is 13.2 Å². The summed E-state index contributed by atoms with van der Waals surface area (Å²) in [6.07, 6.45) is -2.25. The lowest BCUT2D eigenvalue weighted by Crippen LogP contribution is -2.41. The summed E-state index contributed by atoms with van der Waals surface area (Å²) in [5.74, 6) is -0.554. The van der Waals surface area contributed by atoms with Crippen LogP contribution < -0.4 is 16.0 Å². The van der Waals surface area contributed by atoms with Crippen molar-refractivity contribution in [2.75, 3.05) is 6.54 Å². The minimum absolute atomic E-state index is 0.165. The largest absolute Gasteiger partial charge is 0.416 e. The molecule has 0 bridgehead atoms. The molecule has 3 amide bonds. The van der Waals surface area contributed by atoms with Gasteiger partial charge in [-0.1, -0.05) is 72.8 Å². The molecule has 4 aromatic carbocycles. The van der Waals surface area contributed by atoms with Gasteiger partial charge in [-0.05, 0) is 71.3 Å². The number of benzene rings is 4. The highest BCUT2D eigenvalue weighted by atomic mass is 19.4. The van der Waals surface area contributed by atoms with E-state index in [1.165, 1.54) is 12.1 Å². The van der Waals surface area contributed by atoms with Gasteiger partial charge < -0.3 is 16.0 Å². The van der Waals surface area contributed by atoms with Crippen molar-refractivity contribution < 1.29 is 27.6 Å². The fraction of sp³-hybridized carbons (Fsp3) is 0.206. The van der Waals surface area contributed by atoms with Gasteiger partial charge in [-0.3, -0.25) is 14.4 Å². The van der Waals surface area contributed by atoms with Gasteiger partial charge in [0.1, 0.15) is 6.04 Å². The SMILES string of the molecule is O=C(N[C@H](C(=O)NCC1CC1)c1ccccc1)c1ccc(CNC(=O)c2ccccc2-c2ccc(C(F)(F)F)cc2)cc1. The van der Waals surface area contributed by atoms with Crippen molar-refractivity contribution in [1.29, 1.82) is 0 Å². The van der Waals surface area contributed by atoms with Gasteiger partial charge in [0.2, 0.25) is 5.91 Å². The summed E-state index contributed by atoms with van der Waals surface area (Å²) < 4.78 is 38.9. The van der Waals surface area contributed by atoms with Gasteiger partial charge in [0.15, 0.2) is 0 Å². The van der Waals surface area contributed by atoms with Crippen LogP contribution in [0.15, 0.2) is 103 Å². The predicted molar refractivity (Wildman–Crippen MR) is 157 cm³/mol. The molecule has 0 spiro atoms. The van der Waals surface area contributed by atoms with Crippen LogP contribution in [0.3, 0.4) is 0 Å². The fourth-order valence-electron chi connectivity index (χ4n) is 4.65. The van der Waals surface area contributed by atoms with E-state index >= 15 is 0 Å². The first kappa shape index (κ1) is 29.6. The fourth-order valence-corrected chi connectivity index (χ4v) is 4.65. The van der Waals surface area contributed by atoms with Crippen LogP contribution in [-0.2, 0) is 17.5 Å². The molecule has 6 nitrogen and oxygen atoms in total. The maximum absolute atomic E-state index is 13.1. The van der Waals surface area contributed by atoms with Crippen LogP contribution >= 0.6 is 0 Å². The summed E-state index contributed by atoms with van der Waals surface area (Å²) in [5, 5.41) is 8.60. The second-order valence-corrected chi connectivity index (χ2v) is 10.5. The number of alkyl halides is 3. The molecule has 0 aromatic heterocycles. The van der Waals surface area contributed by atoms with Gasteiger partial charge >= 0.3 is 6.18 Å². The summed E-state index contributed by atoms with van der Waals surface area (Å²) in [6.45, 7) is 0.756. The van der Waals surface area contributed by atoms with E-state index in [-0.39, 0.29) is 18.4 Å². The molecule has 0 aliphatic heterocycles. The van der Waals surface area contributed by atoms with E-state index in [2.05, 4.69) is 16.0 Å². The van der Waals surface area contributed by atoms with E-state index in [0.29, 0.717) is 40.3 Å². The Kier molecular flexibility index (Phi) is 8.90. The molecule has 0 radical (unpaired) electrons. The van der Waals surface area contributed by atoms with Crippen LogP contribution in [0.1, 0.15) is 56.3 Å². The van der Waals surface area contributed by atoms with Crippen molar-refractivity contribution in [3.05, 3.63) is 131 Å². The molecule has 1 atom stereocenters. The third-order valence-corrected chi connectivity index (χ3v) is 7.30. The van der Waals surface area contributed by atoms with E-state index in [0.717, 1.165) is 30.5 Å². The van der Waals surface area contributed by atoms with E-state index in [9.17, 15) is 27.6 Å². The average molecular weight is 586 g/mol. The number of hydrogen-bond donors (Lipinski definition) is 3. The number of halogens is 3. The highest BCUT2D eigenvalue weighted by Crippen LogP contribution is 2.32. The number of rotatable bonds is 10. The summed E-state index contributed by atoms with van der Waals surface area (Å²) in [4.78, 5) is 39.0. The maximum Gasteiger partial charge on any atom is 0.416 e. The molecule has 1 aliphatic carbocycles. The number of carbonyl (C=O) groups excluding carboxylic acids is 3. The van der Waals surface area contributed by atoms with Crippen molar-refractivity contribution in [3.8, 4) is 11.1 Å². The summed E-state index contributed by atoms with van der Waals surface area (Å²) >= 11 is 0. The molecule has 43 heavy (non-hydrogen) atoms. The number of amides is 3. The van der Waals surface area contributed by atoms with Crippen molar-refractivity contribution in [3.63, 3.8) is 0 Å². The molecule has 0 unspecified atom stereocenters. The quantitative estimate of drug-likeness (QED) is 0.204. The Morgan fingerprint density at radius 2 is 1.40 bits per heavy atom. The lowest BCUT2D eigenvalue weighted by Gasteiger charge is -2.19. The number of hydrogen-bond acceptors (Lipinski definition) is 3. The van der Waals surface area contributed by atoms with E-state index in [4.69, 9.17) is 0 Å². The van der Waals surface area contributed by atoms with Crippen molar-refractivity contribution in [2.24, 2.45) is 5.92 Å². The molecule has 1 fully saturated rings. The minimum atomic E-state index is -4.45. The monoisotopic (exact) mass is 585 g/mol. The first-order chi connectivity index (χ1) is 20.7. The van der Waals surface area contributed by atoms with Crippen LogP contribution in [-0.4, -0.2) is 24.3 Å². The lowest BCUT2D eigenvalue weighted by atomic mass is 9.98. The summed E-state index contributed by atoms with van der Waals surface area (Å²) in [7, 11) is 0. The standard InChI is InChI=1S/C34H30F3N3O3/c35-34(36,37)27-18-16-24(17-19-27)28-8-4-5-9-29(28)32(42)38-20-23-12-14-26(15-13-23)31(41)40-30(25-6-2-1-3-7-25)33(43)39-21-22-10-11-22/h1-9,12-19,22,30H,10-11,20-21H2,(H,38,42)(H,39,43)(H,40,41)/t30-/m0/s1. The Hall–Kier alpha value is -4.92. The Morgan fingerprint density at radius 3 is 2.05 bits per heavy atom. The zero-order valence-electron chi connectivity index (χ0n) is 23.2.